The van der Waals surface area contributed by atoms with Crippen LogP contribution in [0.4, 0.5) is 0 Å². The average molecular weight is 285 g/mol. The Kier molecular flexibility index (Phi) is 4.33. The highest BCUT2D eigenvalue weighted by Crippen LogP contribution is 2.25. The molecule has 0 atom stereocenters. The van der Waals surface area contributed by atoms with Crippen LogP contribution in [0.25, 0.3) is 11.1 Å². The van der Waals surface area contributed by atoms with Gasteiger partial charge in [-0.3, -0.25) is 9.59 Å². The van der Waals surface area contributed by atoms with Gasteiger partial charge in [0.15, 0.2) is 5.78 Å². The second-order valence-electron chi connectivity index (χ2n) is 4.77. The van der Waals surface area contributed by atoms with Crippen molar-refractivity contribution in [3.05, 3.63) is 47.8 Å². The molecule has 0 saturated heterocycles. The van der Waals surface area contributed by atoms with Crippen molar-refractivity contribution in [1.82, 2.24) is 4.98 Å². The smallest absolute Gasteiger partial charge is 0.303 e. The fourth-order valence-corrected chi connectivity index (χ4v) is 1.91. The topological polar surface area (TPSA) is 87.5 Å². The lowest BCUT2D eigenvalue weighted by atomic mass is 10.0. The third kappa shape index (κ3) is 3.66. The van der Waals surface area contributed by atoms with Crippen molar-refractivity contribution in [1.29, 1.82) is 0 Å². The number of aliphatic carboxylic acids is 1. The number of carbonyl (C=O) groups excluding carboxylic acids is 1. The molecule has 21 heavy (non-hydrogen) atoms. The van der Waals surface area contributed by atoms with Crippen molar-refractivity contribution in [3.8, 4) is 16.9 Å². The van der Waals surface area contributed by atoms with E-state index in [1.807, 2.05) is 31.2 Å². The molecule has 5 heteroatoms. The van der Waals surface area contributed by atoms with Crippen LogP contribution in [0.2, 0.25) is 0 Å². The van der Waals surface area contributed by atoms with Crippen LogP contribution < -0.4 is 0 Å². The number of carboxylic acid groups (broad SMARTS) is 1. The molecule has 2 rings (SSSR count). The summed E-state index contributed by atoms with van der Waals surface area (Å²) < 4.78 is 0. The lowest BCUT2D eigenvalue weighted by Crippen LogP contribution is -2.06. The van der Waals surface area contributed by atoms with Crippen molar-refractivity contribution in [2.75, 3.05) is 0 Å². The quantitative estimate of drug-likeness (QED) is 0.825. The highest BCUT2D eigenvalue weighted by Gasteiger charge is 2.15. The lowest BCUT2D eigenvalue weighted by molar-refractivity contribution is -0.136. The van der Waals surface area contributed by atoms with E-state index in [2.05, 4.69) is 4.98 Å². The van der Waals surface area contributed by atoms with Crippen molar-refractivity contribution in [3.63, 3.8) is 0 Å². The van der Waals surface area contributed by atoms with Crippen LogP contribution in [-0.2, 0) is 4.79 Å². The van der Waals surface area contributed by atoms with Gasteiger partial charge in [0, 0.05) is 18.2 Å². The Morgan fingerprint density at radius 2 is 1.76 bits per heavy atom. The van der Waals surface area contributed by atoms with Crippen LogP contribution in [0.15, 0.2) is 36.5 Å². The fourth-order valence-electron chi connectivity index (χ4n) is 1.91. The van der Waals surface area contributed by atoms with Gasteiger partial charge in [-0.1, -0.05) is 29.8 Å². The zero-order chi connectivity index (χ0) is 15.4. The van der Waals surface area contributed by atoms with Gasteiger partial charge in [-0.25, -0.2) is 4.98 Å². The standard InChI is InChI=1S/C16H15NO4/c1-10-2-4-11(5-3-10)12-8-14(19)16(17-9-12)13(18)6-7-15(20)21/h2-5,8-9,19H,6-7H2,1H3,(H,20,21). The van der Waals surface area contributed by atoms with E-state index in [1.165, 1.54) is 12.3 Å². The third-order valence-electron chi connectivity index (χ3n) is 3.08. The Hall–Kier alpha value is -2.69. The molecule has 0 saturated carbocycles. The predicted molar refractivity (Wildman–Crippen MR) is 77.3 cm³/mol. The molecule has 1 heterocycles. The lowest BCUT2D eigenvalue weighted by Gasteiger charge is -2.06. The number of ketones is 1. The van der Waals surface area contributed by atoms with Crippen LogP contribution in [0.5, 0.6) is 5.75 Å². The first-order valence-corrected chi connectivity index (χ1v) is 6.48. The molecule has 108 valence electrons. The zero-order valence-electron chi connectivity index (χ0n) is 11.5. The largest absolute Gasteiger partial charge is 0.506 e. The normalized spacial score (nSPS) is 10.3. The predicted octanol–water partition coefficient (Wildman–Crippen LogP) is 2.81. The monoisotopic (exact) mass is 285 g/mol. The van der Waals surface area contributed by atoms with Gasteiger partial charge < -0.3 is 10.2 Å². The minimum atomic E-state index is -1.06. The maximum absolute atomic E-state index is 11.8. The van der Waals surface area contributed by atoms with E-state index in [0.29, 0.717) is 5.56 Å². The number of hydrogen-bond acceptors (Lipinski definition) is 4. The molecule has 2 aromatic rings. The number of aromatic nitrogens is 1. The molecule has 1 aromatic carbocycles. The number of rotatable bonds is 5. The number of carboxylic acids is 1. The zero-order valence-corrected chi connectivity index (χ0v) is 11.5. The third-order valence-corrected chi connectivity index (χ3v) is 3.08. The van der Waals surface area contributed by atoms with Gasteiger partial charge in [-0.15, -0.1) is 0 Å². The number of hydrogen-bond donors (Lipinski definition) is 2. The number of nitrogens with zero attached hydrogens (tertiary/aromatic N) is 1. The van der Waals surface area contributed by atoms with E-state index < -0.39 is 11.8 Å². The van der Waals surface area contributed by atoms with E-state index in [4.69, 9.17) is 5.11 Å². The summed E-state index contributed by atoms with van der Waals surface area (Å²) in [6, 6.07) is 9.15. The Morgan fingerprint density at radius 1 is 1.10 bits per heavy atom. The summed E-state index contributed by atoms with van der Waals surface area (Å²) >= 11 is 0. The number of aromatic hydroxyl groups is 1. The van der Waals surface area contributed by atoms with Crippen LogP contribution >= 0.6 is 0 Å². The van der Waals surface area contributed by atoms with E-state index >= 15 is 0 Å². The summed E-state index contributed by atoms with van der Waals surface area (Å²) in [4.78, 5) is 26.2. The Balaban J connectivity index is 2.23. The number of aryl methyl sites for hydroxylation is 1. The summed E-state index contributed by atoms with van der Waals surface area (Å²) in [5.41, 5.74) is 2.61. The molecule has 0 unspecified atom stereocenters. The van der Waals surface area contributed by atoms with Gasteiger partial charge >= 0.3 is 5.97 Å². The molecule has 0 amide bonds. The summed E-state index contributed by atoms with van der Waals surface area (Å²) in [6.45, 7) is 1.98. The minimum Gasteiger partial charge on any atom is -0.506 e. The van der Waals surface area contributed by atoms with E-state index in [0.717, 1.165) is 11.1 Å². The van der Waals surface area contributed by atoms with Crippen LogP contribution in [0.3, 0.4) is 0 Å². The first kappa shape index (κ1) is 14.7. The van der Waals surface area contributed by atoms with E-state index in [-0.39, 0.29) is 24.3 Å². The van der Waals surface area contributed by atoms with Gasteiger partial charge in [0.25, 0.3) is 0 Å². The molecular weight excluding hydrogens is 270 g/mol. The van der Waals surface area contributed by atoms with Crippen LogP contribution in [0, 0.1) is 6.92 Å². The Labute approximate surface area is 121 Å². The van der Waals surface area contributed by atoms with Crippen molar-refractivity contribution in [2.45, 2.75) is 19.8 Å². The maximum Gasteiger partial charge on any atom is 0.303 e. The first-order chi connectivity index (χ1) is 9.97. The highest BCUT2D eigenvalue weighted by atomic mass is 16.4. The second-order valence-corrected chi connectivity index (χ2v) is 4.77. The molecule has 2 N–H and O–H groups in total. The summed E-state index contributed by atoms with van der Waals surface area (Å²) in [7, 11) is 0. The average Bonchev–Trinajstić information content (AvgIpc) is 2.45. The maximum atomic E-state index is 11.8. The molecule has 0 radical (unpaired) electrons. The van der Waals surface area contributed by atoms with E-state index in [9.17, 15) is 14.7 Å². The van der Waals surface area contributed by atoms with Crippen molar-refractivity contribution in [2.24, 2.45) is 0 Å². The van der Waals surface area contributed by atoms with Crippen LogP contribution in [-0.4, -0.2) is 26.9 Å². The van der Waals surface area contributed by atoms with E-state index in [1.54, 1.807) is 0 Å². The van der Waals surface area contributed by atoms with Gasteiger partial charge in [-0.2, -0.15) is 0 Å². The van der Waals surface area contributed by atoms with Crippen molar-refractivity contribution >= 4 is 11.8 Å². The van der Waals surface area contributed by atoms with Gasteiger partial charge in [0.05, 0.1) is 6.42 Å². The van der Waals surface area contributed by atoms with Gasteiger partial charge in [0.1, 0.15) is 11.4 Å². The molecule has 0 fully saturated rings. The molecule has 0 aliphatic rings. The summed E-state index contributed by atoms with van der Waals surface area (Å²) in [5.74, 6) is -1.77. The number of pyridine rings is 1. The molecular formula is C16H15NO4. The molecule has 0 aliphatic carbocycles. The van der Waals surface area contributed by atoms with Crippen molar-refractivity contribution < 1.29 is 19.8 Å². The fraction of sp³-hybridized carbons (Fsp3) is 0.188. The number of Topliss-reactive ketones (excluding diaryl/α,β-unsaturated/α-hetero) is 1. The van der Waals surface area contributed by atoms with Gasteiger partial charge in [0.2, 0.25) is 0 Å². The molecule has 0 aliphatic heterocycles. The van der Waals surface area contributed by atoms with Crippen LogP contribution in [0.1, 0.15) is 28.9 Å². The Morgan fingerprint density at radius 3 is 2.33 bits per heavy atom. The second kappa shape index (κ2) is 6.17. The number of carbonyl (C=O) groups is 2. The van der Waals surface area contributed by atoms with Gasteiger partial charge in [-0.05, 0) is 18.6 Å². The molecule has 5 nitrogen and oxygen atoms in total. The first-order valence-electron chi connectivity index (χ1n) is 6.48. The number of benzene rings is 1. The SMILES string of the molecule is Cc1ccc(-c2cnc(C(=O)CCC(=O)O)c(O)c2)cc1. The minimum absolute atomic E-state index is 0.0906. The molecule has 1 aromatic heterocycles. The Bertz CT molecular complexity index is 677. The highest BCUT2D eigenvalue weighted by molar-refractivity contribution is 5.98. The summed E-state index contributed by atoms with van der Waals surface area (Å²) in [6.07, 6.45) is 1.04. The molecule has 0 spiro atoms. The molecule has 0 bridgehead atoms. The summed E-state index contributed by atoms with van der Waals surface area (Å²) in [5, 5.41) is 18.5.